The lowest BCUT2D eigenvalue weighted by Gasteiger charge is -2.10. The lowest BCUT2D eigenvalue weighted by atomic mass is 10.1. The highest BCUT2D eigenvalue weighted by Gasteiger charge is 2.29. The molecule has 4 rings (SSSR count). The Morgan fingerprint density at radius 3 is 2.62 bits per heavy atom. The molecule has 21 heavy (non-hydrogen) atoms. The van der Waals surface area contributed by atoms with E-state index in [1.807, 2.05) is 12.1 Å². The molecule has 3 heteroatoms. The lowest BCUT2D eigenvalue weighted by molar-refractivity contribution is 0.774. The van der Waals surface area contributed by atoms with Gasteiger partial charge in [0, 0.05) is 17.3 Å². The van der Waals surface area contributed by atoms with E-state index in [1.54, 1.807) is 0 Å². The Hall–Kier alpha value is -2.29. The lowest BCUT2D eigenvalue weighted by Crippen LogP contribution is -1.99. The van der Waals surface area contributed by atoms with Gasteiger partial charge >= 0.3 is 0 Å². The van der Waals surface area contributed by atoms with Gasteiger partial charge in [-0.15, -0.1) is 0 Å². The summed E-state index contributed by atoms with van der Waals surface area (Å²) in [5, 5.41) is 0. The van der Waals surface area contributed by atoms with E-state index in [0.717, 1.165) is 17.0 Å². The van der Waals surface area contributed by atoms with E-state index in [4.69, 9.17) is 10.7 Å². The van der Waals surface area contributed by atoms with Crippen LogP contribution < -0.4 is 5.73 Å². The van der Waals surface area contributed by atoms with Crippen LogP contribution in [0.3, 0.4) is 0 Å². The molecule has 0 atom stereocenters. The minimum Gasteiger partial charge on any atom is -0.399 e. The Labute approximate surface area is 124 Å². The Balaban J connectivity index is 2.01. The van der Waals surface area contributed by atoms with Gasteiger partial charge in [-0.2, -0.15) is 0 Å². The second-order valence-corrected chi connectivity index (χ2v) is 6.10. The number of fused-ring (bicyclic) bond motifs is 1. The quantitative estimate of drug-likeness (QED) is 0.712. The molecule has 3 aromatic rings. The first-order valence-corrected chi connectivity index (χ1v) is 7.48. The summed E-state index contributed by atoms with van der Waals surface area (Å²) >= 11 is 0. The van der Waals surface area contributed by atoms with Crippen molar-refractivity contribution >= 4 is 16.7 Å². The van der Waals surface area contributed by atoms with Gasteiger partial charge in [0.2, 0.25) is 0 Å². The molecule has 1 saturated carbocycles. The Kier molecular flexibility index (Phi) is 2.58. The molecule has 1 aliphatic rings. The van der Waals surface area contributed by atoms with Crippen molar-refractivity contribution in [1.82, 2.24) is 9.55 Å². The van der Waals surface area contributed by atoms with Crippen LogP contribution in [0.15, 0.2) is 36.4 Å². The van der Waals surface area contributed by atoms with Crippen molar-refractivity contribution in [3.05, 3.63) is 47.5 Å². The van der Waals surface area contributed by atoms with E-state index < -0.39 is 0 Å². The Morgan fingerprint density at radius 2 is 1.90 bits per heavy atom. The average molecular weight is 277 g/mol. The van der Waals surface area contributed by atoms with E-state index in [1.165, 1.54) is 35.0 Å². The maximum absolute atomic E-state index is 5.88. The molecular formula is C18H19N3. The van der Waals surface area contributed by atoms with Crippen molar-refractivity contribution in [1.29, 1.82) is 0 Å². The van der Waals surface area contributed by atoms with Gasteiger partial charge in [-0.1, -0.05) is 6.07 Å². The van der Waals surface area contributed by atoms with Gasteiger partial charge in [-0.3, -0.25) is 0 Å². The van der Waals surface area contributed by atoms with Gasteiger partial charge in [0.25, 0.3) is 0 Å². The molecular weight excluding hydrogens is 258 g/mol. The standard InChI is InChI=1S/C18H19N3/c1-11-3-8-17-16(9-11)20-18(21(17)14-5-6-14)15-7-4-13(19)10-12(15)2/h3-4,7-10,14H,5-6,19H2,1-2H3. The number of hydrogen-bond acceptors (Lipinski definition) is 2. The first-order chi connectivity index (χ1) is 10.1. The Morgan fingerprint density at radius 1 is 1.10 bits per heavy atom. The van der Waals surface area contributed by atoms with Crippen molar-refractivity contribution in [2.45, 2.75) is 32.7 Å². The smallest absolute Gasteiger partial charge is 0.141 e. The van der Waals surface area contributed by atoms with Crippen LogP contribution in [0.2, 0.25) is 0 Å². The molecule has 2 aromatic carbocycles. The van der Waals surface area contributed by atoms with Crippen molar-refractivity contribution in [2.75, 3.05) is 5.73 Å². The summed E-state index contributed by atoms with van der Waals surface area (Å²) < 4.78 is 2.41. The van der Waals surface area contributed by atoms with Crippen LogP contribution in [-0.4, -0.2) is 9.55 Å². The van der Waals surface area contributed by atoms with E-state index in [-0.39, 0.29) is 0 Å². The van der Waals surface area contributed by atoms with Crippen molar-refractivity contribution < 1.29 is 0 Å². The minimum atomic E-state index is 0.602. The number of imidazole rings is 1. The molecule has 0 saturated heterocycles. The van der Waals surface area contributed by atoms with Crippen LogP contribution in [0.1, 0.15) is 30.0 Å². The molecule has 1 fully saturated rings. The molecule has 106 valence electrons. The number of benzene rings is 2. The van der Waals surface area contributed by atoms with Crippen molar-refractivity contribution in [2.24, 2.45) is 0 Å². The first-order valence-electron chi connectivity index (χ1n) is 7.48. The third-order valence-corrected chi connectivity index (χ3v) is 4.25. The first kappa shape index (κ1) is 12.5. The molecule has 0 spiro atoms. The number of aromatic nitrogens is 2. The van der Waals surface area contributed by atoms with Gasteiger partial charge < -0.3 is 10.3 Å². The van der Waals surface area contributed by atoms with E-state index >= 15 is 0 Å². The summed E-state index contributed by atoms with van der Waals surface area (Å²) in [7, 11) is 0. The van der Waals surface area contributed by atoms with Gasteiger partial charge in [-0.25, -0.2) is 4.98 Å². The van der Waals surface area contributed by atoms with Crippen LogP contribution >= 0.6 is 0 Å². The summed E-state index contributed by atoms with van der Waals surface area (Å²) in [6.45, 7) is 4.22. The fourth-order valence-corrected chi connectivity index (χ4v) is 3.04. The predicted octanol–water partition coefficient (Wildman–Crippen LogP) is 4.24. The zero-order valence-corrected chi connectivity index (χ0v) is 12.4. The highest BCUT2D eigenvalue weighted by atomic mass is 15.1. The summed E-state index contributed by atoms with van der Waals surface area (Å²) in [5.74, 6) is 1.08. The van der Waals surface area contributed by atoms with E-state index in [0.29, 0.717) is 6.04 Å². The number of hydrogen-bond donors (Lipinski definition) is 1. The molecule has 0 bridgehead atoms. The van der Waals surface area contributed by atoms with Crippen LogP contribution in [0, 0.1) is 13.8 Å². The van der Waals surface area contributed by atoms with E-state index in [2.05, 4.69) is 42.7 Å². The monoisotopic (exact) mass is 277 g/mol. The molecule has 2 N–H and O–H groups in total. The van der Waals surface area contributed by atoms with Crippen molar-refractivity contribution in [3.63, 3.8) is 0 Å². The average Bonchev–Trinajstić information content (AvgIpc) is 3.20. The third-order valence-electron chi connectivity index (χ3n) is 4.25. The van der Waals surface area contributed by atoms with Crippen LogP contribution in [0.4, 0.5) is 5.69 Å². The maximum Gasteiger partial charge on any atom is 0.141 e. The fraction of sp³-hybridized carbons (Fsp3) is 0.278. The zero-order chi connectivity index (χ0) is 14.6. The van der Waals surface area contributed by atoms with Gasteiger partial charge in [0.05, 0.1) is 11.0 Å². The molecule has 3 nitrogen and oxygen atoms in total. The number of nitrogens with zero attached hydrogens (tertiary/aromatic N) is 2. The van der Waals surface area contributed by atoms with E-state index in [9.17, 15) is 0 Å². The molecule has 0 unspecified atom stereocenters. The maximum atomic E-state index is 5.88. The van der Waals surface area contributed by atoms with Crippen molar-refractivity contribution in [3.8, 4) is 11.4 Å². The highest BCUT2D eigenvalue weighted by molar-refractivity contribution is 5.82. The molecule has 1 aliphatic carbocycles. The normalized spacial score (nSPS) is 14.8. The van der Waals surface area contributed by atoms with Gasteiger partial charge in [-0.05, 0) is 68.1 Å². The summed E-state index contributed by atoms with van der Waals surface area (Å²) in [6, 6.07) is 13.2. The number of anilines is 1. The number of nitrogen functional groups attached to an aromatic ring is 1. The third kappa shape index (κ3) is 2.00. The van der Waals surface area contributed by atoms with Gasteiger partial charge in [0.1, 0.15) is 5.82 Å². The second kappa shape index (κ2) is 4.35. The topological polar surface area (TPSA) is 43.8 Å². The molecule has 0 aliphatic heterocycles. The fourth-order valence-electron chi connectivity index (χ4n) is 3.04. The predicted molar refractivity (Wildman–Crippen MR) is 87.3 cm³/mol. The SMILES string of the molecule is Cc1ccc2c(c1)nc(-c1ccc(N)cc1C)n2C1CC1. The number of nitrogens with two attached hydrogens (primary N) is 1. The second-order valence-electron chi connectivity index (χ2n) is 6.10. The minimum absolute atomic E-state index is 0.602. The molecule has 0 amide bonds. The summed E-state index contributed by atoms with van der Waals surface area (Å²) in [5.41, 5.74) is 12.6. The highest BCUT2D eigenvalue weighted by Crippen LogP contribution is 2.42. The zero-order valence-electron chi connectivity index (χ0n) is 12.4. The van der Waals surface area contributed by atoms with Crippen LogP contribution in [0.5, 0.6) is 0 Å². The Bertz CT molecular complexity index is 841. The van der Waals surface area contributed by atoms with Crippen LogP contribution in [0.25, 0.3) is 22.4 Å². The summed E-state index contributed by atoms with van der Waals surface area (Å²) in [4.78, 5) is 4.92. The van der Waals surface area contributed by atoms with Crippen LogP contribution in [-0.2, 0) is 0 Å². The molecule has 1 heterocycles. The molecule has 1 aromatic heterocycles. The summed E-state index contributed by atoms with van der Waals surface area (Å²) in [6.07, 6.45) is 2.50. The van der Waals surface area contributed by atoms with Gasteiger partial charge in [0.15, 0.2) is 0 Å². The largest absolute Gasteiger partial charge is 0.399 e. The number of aryl methyl sites for hydroxylation is 2. The molecule has 0 radical (unpaired) electrons. The number of rotatable bonds is 2.